The average molecular weight is 282 g/mol. The Morgan fingerprint density at radius 3 is 2.30 bits per heavy atom. The molecule has 1 aliphatic carbocycles. The third-order valence-electron chi connectivity index (χ3n) is 4.56. The molecule has 0 aromatic heterocycles. The van der Waals surface area contributed by atoms with Gasteiger partial charge in [0.2, 0.25) is 5.91 Å². The molecule has 0 aromatic rings. The van der Waals surface area contributed by atoms with E-state index in [1.807, 2.05) is 0 Å². The maximum absolute atomic E-state index is 12.3. The van der Waals surface area contributed by atoms with Gasteiger partial charge in [0.05, 0.1) is 6.10 Å². The molecule has 1 amide bonds. The van der Waals surface area contributed by atoms with Crippen LogP contribution in [0.2, 0.25) is 0 Å². The van der Waals surface area contributed by atoms with Crippen LogP contribution >= 0.6 is 0 Å². The van der Waals surface area contributed by atoms with Crippen LogP contribution in [-0.2, 0) is 9.53 Å². The van der Waals surface area contributed by atoms with Gasteiger partial charge in [0, 0.05) is 12.6 Å². The molecular formula is C16H30N2O2. The van der Waals surface area contributed by atoms with E-state index in [1.54, 1.807) is 0 Å². The summed E-state index contributed by atoms with van der Waals surface area (Å²) in [5.41, 5.74) is 6.17. The van der Waals surface area contributed by atoms with E-state index in [0.29, 0.717) is 6.54 Å². The summed E-state index contributed by atoms with van der Waals surface area (Å²) >= 11 is 0. The Balaban J connectivity index is 1.91. The van der Waals surface area contributed by atoms with Crippen LogP contribution in [0.3, 0.4) is 0 Å². The molecule has 2 fully saturated rings. The molecule has 0 spiro atoms. The summed E-state index contributed by atoms with van der Waals surface area (Å²) in [5, 5.41) is 3.21. The highest BCUT2D eigenvalue weighted by atomic mass is 16.5. The lowest BCUT2D eigenvalue weighted by Crippen LogP contribution is -2.48. The predicted molar refractivity (Wildman–Crippen MR) is 80.3 cm³/mol. The highest BCUT2D eigenvalue weighted by Crippen LogP contribution is 2.45. The third kappa shape index (κ3) is 3.95. The molecule has 0 radical (unpaired) electrons. The summed E-state index contributed by atoms with van der Waals surface area (Å²) < 4.78 is 5.68. The molecule has 0 aromatic carbocycles. The van der Waals surface area contributed by atoms with Crippen LogP contribution in [0.1, 0.15) is 59.8 Å². The molecule has 1 heterocycles. The number of nitrogens with one attached hydrogen (secondary N) is 1. The van der Waals surface area contributed by atoms with Crippen LogP contribution < -0.4 is 11.1 Å². The number of carbonyl (C=O) groups excluding carboxylic acids is 1. The van der Waals surface area contributed by atoms with Gasteiger partial charge in [0.1, 0.15) is 6.10 Å². The van der Waals surface area contributed by atoms with Gasteiger partial charge in [-0.2, -0.15) is 0 Å². The fourth-order valence-corrected chi connectivity index (χ4v) is 4.31. The van der Waals surface area contributed by atoms with Crippen molar-refractivity contribution in [2.45, 2.75) is 78.0 Å². The highest BCUT2D eigenvalue weighted by molar-refractivity contribution is 5.81. The molecule has 3 N–H and O–H groups in total. The van der Waals surface area contributed by atoms with E-state index in [1.165, 1.54) is 6.42 Å². The van der Waals surface area contributed by atoms with Crippen molar-refractivity contribution in [3.8, 4) is 0 Å². The van der Waals surface area contributed by atoms with Crippen LogP contribution in [0, 0.1) is 10.8 Å². The molecule has 1 aliphatic heterocycles. The monoisotopic (exact) mass is 282 g/mol. The minimum Gasteiger partial charge on any atom is -0.364 e. The van der Waals surface area contributed by atoms with E-state index >= 15 is 0 Å². The normalized spacial score (nSPS) is 33.0. The Morgan fingerprint density at radius 2 is 1.80 bits per heavy atom. The maximum Gasteiger partial charge on any atom is 0.249 e. The SMILES string of the molecule is CC1(C)CC(NC(=O)C2CCC(CN)O2)CC(C)(C)C1. The number of carbonyl (C=O) groups is 1. The van der Waals surface area contributed by atoms with E-state index in [4.69, 9.17) is 10.5 Å². The lowest BCUT2D eigenvalue weighted by atomic mass is 9.63. The number of nitrogens with two attached hydrogens (primary N) is 1. The van der Waals surface area contributed by atoms with Crippen molar-refractivity contribution in [1.82, 2.24) is 5.32 Å². The molecule has 116 valence electrons. The first-order chi connectivity index (χ1) is 9.21. The summed E-state index contributed by atoms with van der Waals surface area (Å²) in [6.07, 6.45) is 4.77. The van der Waals surface area contributed by atoms with E-state index in [2.05, 4.69) is 33.0 Å². The first kappa shape index (κ1) is 15.8. The van der Waals surface area contributed by atoms with Gasteiger partial charge in [0.15, 0.2) is 0 Å². The van der Waals surface area contributed by atoms with E-state index in [0.717, 1.165) is 25.7 Å². The van der Waals surface area contributed by atoms with Gasteiger partial charge in [0.25, 0.3) is 0 Å². The van der Waals surface area contributed by atoms with Crippen LogP contribution in [0.25, 0.3) is 0 Å². The number of hydrogen-bond donors (Lipinski definition) is 2. The van der Waals surface area contributed by atoms with Crippen molar-refractivity contribution in [1.29, 1.82) is 0 Å². The summed E-state index contributed by atoms with van der Waals surface area (Å²) in [5.74, 6) is 0.0550. The van der Waals surface area contributed by atoms with Gasteiger partial charge in [-0.1, -0.05) is 27.7 Å². The molecule has 1 saturated heterocycles. The van der Waals surface area contributed by atoms with Crippen molar-refractivity contribution in [2.24, 2.45) is 16.6 Å². The maximum atomic E-state index is 12.3. The number of amides is 1. The van der Waals surface area contributed by atoms with Gasteiger partial charge in [-0.15, -0.1) is 0 Å². The zero-order chi connectivity index (χ0) is 15.0. The largest absolute Gasteiger partial charge is 0.364 e. The molecule has 0 bridgehead atoms. The fourth-order valence-electron chi connectivity index (χ4n) is 4.31. The van der Waals surface area contributed by atoms with Gasteiger partial charge in [-0.05, 0) is 42.9 Å². The standard InChI is InChI=1S/C16H30N2O2/c1-15(2)7-11(8-16(3,4)10-15)18-14(19)13-6-5-12(9-17)20-13/h11-13H,5-10,17H2,1-4H3,(H,18,19). The smallest absolute Gasteiger partial charge is 0.249 e. The Morgan fingerprint density at radius 1 is 1.20 bits per heavy atom. The minimum atomic E-state index is -0.295. The zero-order valence-corrected chi connectivity index (χ0v) is 13.4. The van der Waals surface area contributed by atoms with Crippen LogP contribution in [0.15, 0.2) is 0 Å². The zero-order valence-electron chi connectivity index (χ0n) is 13.4. The Bertz CT molecular complexity index is 349. The lowest BCUT2D eigenvalue weighted by molar-refractivity contribution is -0.133. The second-order valence-electron chi connectivity index (χ2n) is 8.18. The topological polar surface area (TPSA) is 64.4 Å². The summed E-state index contributed by atoms with van der Waals surface area (Å²) in [7, 11) is 0. The molecule has 2 unspecified atom stereocenters. The van der Waals surface area contributed by atoms with Gasteiger partial charge < -0.3 is 15.8 Å². The van der Waals surface area contributed by atoms with Gasteiger partial charge >= 0.3 is 0 Å². The summed E-state index contributed by atoms with van der Waals surface area (Å²) in [4.78, 5) is 12.3. The quantitative estimate of drug-likeness (QED) is 0.834. The van der Waals surface area contributed by atoms with Crippen LogP contribution in [0.5, 0.6) is 0 Å². The van der Waals surface area contributed by atoms with Crippen molar-refractivity contribution >= 4 is 5.91 Å². The van der Waals surface area contributed by atoms with Crippen LogP contribution in [0.4, 0.5) is 0 Å². The molecular weight excluding hydrogens is 252 g/mol. The molecule has 4 nitrogen and oxygen atoms in total. The second-order valence-corrected chi connectivity index (χ2v) is 8.18. The van der Waals surface area contributed by atoms with E-state index < -0.39 is 0 Å². The van der Waals surface area contributed by atoms with Crippen LogP contribution in [-0.4, -0.2) is 30.7 Å². The van der Waals surface area contributed by atoms with Crippen molar-refractivity contribution < 1.29 is 9.53 Å². The number of hydrogen-bond acceptors (Lipinski definition) is 3. The summed E-state index contributed by atoms with van der Waals surface area (Å²) in [6.45, 7) is 9.69. The Kier molecular flexibility index (Phi) is 4.45. The first-order valence-electron chi connectivity index (χ1n) is 7.87. The van der Waals surface area contributed by atoms with Crippen molar-refractivity contribution in [3.05, 3.63) is 0 Å². The van der Waals surface area contributed by atoms with E-state index in [9.17, 15) is 4.79 Å². The first-order valence-corrected chi connectivity index (χ1v) is 7.87. The molecule has 2 atom stereocenters. The van der Waals surface area contributed by atoms with Gasteiger partial charge in [-0.25, -0.2) is 0 Å². The Labute approximate surface area is 122 Å². The second kappa shape index (κ2) is 5.64. The summed E-state index contributed by atoms with van der Waals surface area (Å²) in [6, 6.07) is 0.266. The Hall–Kier alpha value is -0.610. The highest BCUT2D eigenvalue weighted by Gasteiger charge is 2.40. The fraction of sp³-hybridized carbons (Fsp3) is 0.938. The van der Waals surface area contributed by atoms with Crippen molar-refractivity contribution in [2.75, 3.05) is 6.54 Å². The molecule has 4 heteroatoms. The van der Waals surface area contributed by atoms with Crippen molar-refractivity contribution in [3.63, 3.8) is 0 Å². The third-order valence-corrected chi connectivity index (χ3v) is 4.56. The minimum absolute atomic E-state index is 0.0550. The van der Waals surface area contributed by atoms with E-state index in [-0.39, 0.29) is 35.0 Å². The molecule has 2 rings (SSSR count). The lowest BCUT2D eigenvalue weighted by Gasteiger charge is -2.45. The molecule has 20 heavy (non-hydrogen) atoms. The number of ether oxygens (including phenoxy) is 1. The van der Waals surface area contributed by atoms with Gasteiger partial charge in [-0.3, -0.25) is 4.79 Å². The average Bonchev–Trinajstić information content (AvgIpc) is 2.72. The molecule has 1 saturated carbocycles. The molecule has 2 aliphatic rings. The number of rotatable bonds is 3. The predicted octanol–water partition coefficient (Wildman–Crippen LogP) is 2.21.